The average molecular weight is 384 g/mol. The molecule has 3 rings (SSSR count). The van der Waals surface area contributed by atoms with Crippen LogP contribution in [0.2, 0.25) is 0 Å². The number of nitro groups is 1. The lowest BCUT2D eigenvalue weighted by atomic mass is 10.2. The van der Waals surface area contributed by atoms with Crippen LogP contribution in [0.1, 0.15) is 5.56 Å². The van der Waals surface area contributed by atoms with Crippen molar-refractivity contribution < 1.29 is 13.3 Å². The number of hydrogen-bond donors (Lipinski definition) is 2. The van der Waals surface area contributed by atoms with Gasteiger partial charge in [-0.25, -0.2) is 13.1 Å². The molecule has 11 heteroatoms. The molecule has 3 N–H and O–H groups in total. The SMILES string of the molecule is N#Cc1cnn(-c2ccccc2NS(=O)(=O)c2ccccc2[N+](=O)[O-])c1N. The van der Waals surface area contributed by atoms with E-state index in [4.69, 9.17) is 11.0 Å². The molecule has 1 aromatic heterocycles. The summed E-state index contributed by atoms with van der Waals surface area (Å²) in [6.07, 6.45) is 1.25. The standard InChI is InChI=1S/C16H12N6O4S/c17-9-11-10-19-21(16(11)18)13-6-2-1-5-12(13)20-27(25,26)15-8-4-3-7-14(15)22(23)24/h1-8,10,20H,18H2. The summed E-state index contributed by atoms with van der Waals surface area (Å²) in [7, 11) is -4.27. The predicted molar refractivity (Wildman–Crippen MR) is 96.6 cm³/mol. The van der Waals surface area contributed by atoms with Gasteiger partial charge in [0, 0.05) is 6.07 Å². The van der Waals surface area contributed by atoms with Gasteiger partial charge in [-0.15, -0.1) is 0 Å². The van der Waals surface area contributed by atoms with Crippen LogP contribution in [0.4, 0.5) is 17.2 Å². The summed E-state index contributed by atoms with van der Waals surface area (Å²) >= 11 is 0. The lowest BCUT2D eigenvalue weighted by molar-refractivity contribution is -0.387. The zero-order valence-corrected chi connectivity index (χ0v) is 14.4. The Hall–Kier alpha value is -3.91. The number of nitriles is 1. The van der Waals surface area contributed by atoms with Crippen molar-refractivity contribution in [3.05, 3.63) is 70.4 Å². The van der Waals surface area contributed by atoms with Crippen molar-refractivity contribution in [2.24, 2.45) is 0 Å². The molecule has 1 heterocycles. The van der Waals surface area contributed by atoms with E-state index in [0.717, 1.165) is 12.1 Å². The van der Waals surface area contributed by atoms with Gasteiger partial charge in [0.15, 0.2) is 4.90 Å². The highest BCUT2D eigenvalue weighted by Crippen LogP contribution is 2.29. The number of para-hydroxylation sites is 3. The number of nitrogens with zero attached hydrogens (tertiary/aromatic N) is 4. The lowest BCUT2D eigenvalue weighted by Crippen LogP contribution is -2.16. The third-order valence-electron chi connectivity index (χ3n) is 3.65. The van der Waals surface area contributed by atoms with E-state index >= 15 is 0 Å². The Bertz CT molecular complexity index is 1180. The Balaban J connectivity index is 2.09. The summed E-state index contributed by atoms with van der Waals surface area (Å²) in [5.74, 6) is 0.0369. The fourth-order valence-electron chi connectivity index (χ4n) is 2.42. The molecule has 0 saturated heterocycles. The molecule has 3 aromatic rings. The van der Waals surface area contributed by atoms with E-state index in [1.165, 1.54) is 29.1 Å². The number of nitrogen functional groups attached to an aromatic ring is 1. The maximum Gasteiger partial charge on any atom is 0.289 e. The number of sulfonamides is 1. The van der Waals surface area contributed by atoms with Gasteiger partial charge in [0.25, 0.3) is 15.7 Å². The van der Waals surface area contributed by atoms with Crippen LogP contribution in [0.15, 0.2) is 59.6 Å². The van der Waals surface area contributed by atoms with Crippen LogP contribution < -0.4 is 10.5 Å². The molecule has 0 fully saturated rings. The largest absolute Gasteiger partial charge is 0.382 e. The van der Waals surface area contributed by atoms with Gasteiger partial charge in [0.1, 0.15) is 17.5 Å². The molecule has 10 nitrogen and oxygen atoms in total. The van der Waals surface area contributed by atoms with E-state index in [1.54, 1.807) is 18.2 Å². The summed E-state index contributed by atoms with van der Waals surface area (Å²) in [6, 6.07) is 13.1. The summed E-state index contributed by atoms with van der Waals surface area (Å²) in [5, 5.41) is 24.1. The van der Waals surface area contributed by atoms with Crippen molar-refractivity contribution in [1.29, 1.82) is 5.26 Å². The number of hydrogen-bond acceptors (Lipinski definition) is 7. The topological polar surface area (TPSA) is 157 Å². The second-order valence-corrected chi connectivity index (χ2v) is 6.97. The molecule has 0 aliphatic rings. The van der Waals surface area contributed by atoms with Crippen molar-refractivity contribution >= 4 is 27.2 Å². The zero-order valence-electron chi connectivity index (χ0n) is 13.6. The third-order valence-corrected chi connectivity index (χ3v) is 5.07. The number of rotatable bonds is 5. The molecule has 0 amide bonds. The highest BCUT2D eigenvalue weighted by atomic mass is 32.2. The number of nitro benzene ring substituents is 1. The van der Waals surface area contributed by atoms with E-state index in [0.29, 0.717) is 0 Å². The van der Waals surface area contributed by atoms with E-state index in [1.807, 2.05) is 6.07 Å². The highest BCUT2D eigenvalue weighted by molar-refractivity contribution is 7.92. The molecule has 2 aromatic carbocycles. The second kappa shape index (κ2) is 6.77. The average Bonchev–Trinajstić information content (AvgIpc) is 3.02. The van der Waals surface area contributed by atoms with Crippen LogP contribution in [-0.2, 0) is 10.0 Å². The van der Waals surface area contributed by atoms with Crippen LogP contribution in [0.25, 0.3) is 5.69 Å². The molecule has 0 atom stereocenters. The first kappa shape index (κ1) is 17.9. The number of nitrogens with one attached hydrogen (secondary N) is 1. The minimum Gasteiger partial charge on any atom is -0.382 e. The minimum atomic E-state index is -4.27. The summed E-state index contributed by atoms with van der Waals surface area (Å²) < 4.78 is 29.0. The fourth-order valence-corrected chi connectivity index (χ4v) is 3.66. The van der Waals surface area contributed by atoms with Gasteiger partial charge in [-0.1, -0.05) is 24.3 Å². The maximum absolute atomic E-state index is 12.7. The summed E-state index contributed by atoms with van der Waals surface area (Å²) in [4.78, 5) is 9.89. The van der Waals surface area contributed by atoms with Gasteiger partial charge in [0.2, 0.25) is 0 Å². The number of aromatic nitrogens is 2. The maximum atomic E-state index is 12.7. The zero-order chi connectivity index (χ0) is 19.6. The van der Waals surface area contributed by atoms with Crippen LogP contribution in [0, 0.1) is 21.4 Å². The Morgan fingerprint density at radius 3 is 2.52 bits per heavy atom. The van der Waals surface area contributed by atoms with Crippen LogP contribution >= 0.6 is 0 Å². The summed E-state index contributed by atoms with van der Waals surface area (Å²) in [5.41, 5.74) is 5.80. The fraction of sp³-hybridized carbons (Fsp3) is 0. The Morgan fingerprint density at radius 1 is 1.19 bits per heavy atom. The smallest absolute Gasteiger partial charge is 0.289 e. The Labute approximate surface area is 153 Å². The molecule has 0 aliphatic heterocycles. The van der Waals surface area contributed by atoms with E-state index in [9.17, 15) is 18.5 Å². The number of benzene rings is 2. The molecule has 0 bridgehead atoms. The first-order valence-corrected chi connectivity index (χ1v) is 8.92. The minimum absolute atomic E-state index is 0.0369. The molecule has 27 heavy (non-hydrogen) atoms. The molecule has 136 valence electrons. The third kappa shape index (κ3) is 3.29. The normalized spacial score (nSPS) is 10.9. The molecule has 0 unspecified atom stereocenters. The van der Waals surface area contributed by atoms with Crippen LogP contribution in [0.5, 0.6) is 0 Å². The Morgan fingerprint density at radius 2 is 1.85 bits per heavy atom. The molecular formula is C16H12N6O4S. The van der Waals surface area contributed by atoms with Gasteiger partial charge in [-0.2, -0.15) is 10.4 Å². The second-order valence-electron chi connectivity index (χ2n) is 5.31. The van der Waals surface area contributed by atoms with Gasteiger partial charge >= 0.3 is 0 Å². The number of nitrogens with two attached hydrogens (primary N) is 1. The van der Waals surface area contributed by atoms with Crippen molar-refractivity contribution in [3.63, 3.8) is 0 Å². The quantitative estimate of drug-likeness (QED) is 0.503. The van der Waals surface area contributed by atoms with Crippen LogP contribution in [-0.4, -0.2) is 23.1 Å². The van der Waals surface area contributed by atoms with Gasteiger partial charge in [-0.05, 0) is 18.2 Å². The van der Waals surface area contributed by atoms with Crippen molar-refractivity contribution in [2.45, 2.75) is 4.90 Å². The molecule has 0 radical (unpaired) electrons. The highest BCUT2D eigenvalue weighted by Gasteiger charge is 2.26. The monoisotopic (exact) mass is 384 g/mol. The first-order valence-electron chi connectivity index (χ1n) is 7.44. The van der Waals surface area contributed by atoms with Crippen molar-refractivity contribution in [2.75, 3.05) is 10.5 Å². The van der Waals surface area contributed by atoms with E-state index < -0.39 is 25.5 Å². The number of anilines is 2. The van der Waals surface area contributed by atoms with Crippen molar-refractivity contribution in [3.8, 4) is 11.8 Å². The van der Waals surface area contributed by atoms with Gasteiger partial charge in [0.05, 0.1) is 22.5 Å². The molecule has 0 aliphatic carbocycles. The van der Waals surface area contributed by atoms with Gasteiger partial charge in [-0.3, -0.25) is 14.8 Å². The first-order chi connectivity index (χ1) is 12.8. The molecular weight excluding hydrogens is 372 g/mol. The molecule has 0 saturated carbocycles. The van der Waals surface area contributed by atoms with E-state index in [-0.39, 0.29) is 22.8 Å². The van der Waals surface area contributed by atoms with E-state index in [2.05, 4.69) is 9.82 Å². The predicted octanol–water partition coefficient (Wildman–Crippen LogP) is 2.04. The molecule has 0 spiro atoms. The Kier molecular flexibility index (Phi) is 4.49. The van der Waals surface area contributed by atoms with Crippen molar-refractivity contribution in [1.82, 2.24) is 9.78 Å². The lowest BCUT2D eigenvalue weighted by Gasteiger charge is -2.13. The summed E-state index contributed by atoms with van der Waals surface area (Å²) in [6.45, 7) is 0. The van der Waals surface area contributed by atoms with Gasteiger partial charge < -0.3 is 5.73 Å². The van der Waals surface area contributed by atoms with Crippen LogP contribution in [0.3, 0.4) is 0 Å².